The van der Waals surface area contributed by atoms with Crippen LogP contribution >= 0.6 is 0 Å². The number of hydrogen-bond acceptors (Lipinski definition) is 3. The number of benzene rings is 2. The molecule has 0 aliphatic rings. The lowest BCUT2D eigenvalue weighted by Gasteiger charge is -2.03. The zero-order chi connectivity index (χ0) is 11.6. The van der Waals surface area contributed by atoms with Crippen molar-refractivity contribution in [3.05, 3.63) is 60.7 Å². The van der Waals surface area contributed by atoms with Gasteiger partial charge >= 0.3 is 0 Å². The van der Waals surface area contributed by atoms with E-state index in [0.717, 1.165) is 11.5 Å². The predicted molar refractivity (Wildman–Crippen MR) is 70.7 cm³/mol. The fourth-order valence-corrected chi connectivity index (χ4v) is 1.11. The molecule has 0 saturated carbocycles. The third-order valence-electron chi connectivity index (χ3n) is 1.72. The maximum atomic E-state index is 7.57. The van der Waals surface area contributed by atoms with Crippen molar-refractivity contribution in [1.29, 1.82) is 0 Å². The predicted octanol–water partition coefficient (Wildman–Crippen LogP) is 3.64. The minimum absolute atomic E-state index is 0. The smallest absolute Gasteiger partial charge is 0.127 e. The minimum atomic E-state index is 0. The summed E-state index contributed by atoms with van der Waals surface area (Å²) in [6, 6.07) is 19.5. The largest absolute Gasteiger partial charge is 0.457 e. The zero-order valence-corrected chi connectivity index (χ0v) is 10.0. The van der Waals surface area contributed by atoms with E-state index in [9.17, 15) is 0 Å². The molecule has 0 fully saturated rings. The highest BCUT2D eigenvalue weighted by Crippen LogP contribution is 2.19. The van der Waals surface area contributed by atoms with E-state index in [2.05, 4.69) is 0 Å². The van der Waals surface area contributed by atoms with Gasteiger partial charge in [0.05, 0.1) is 0 Å². The van der Waals surface area contributed by atoms with E-state index in [0.29, 0.717) is 0 Å². The molecule has 0 saturated heterocycles. The van der Waals surface area contributed by atoms with Crippen molar-refractivity contribution < 1.29 is 9.84 Å². The molecule has 2 aromatic carbocycles. The number of aliphatic hydroxyl groups is 1. The van der Waals surface area contributed by atoms with Gasteiger partial charge in [0.1, 0.15) is 11.5 Å². The fourth-order valence-electron chi connectivity index (χ4n) is 1.11. The van der Waals surface area contributed by atoms with Crippen LogP contribution in [0.15, 0.2) is 60.7 Å². The van der Waals surface area contributed by atoms with Crippen LogP contribution in [0, 0.1) is 0 Å². The van der Waals surface area contributed by atoms with Crippen molar-refractivity contribution in [2.75, 3.05) is 6.61 Å². The summed E-state index contributed by atoms with van der Waals surface area (Å²) in [4.78, 5) is 0. The first kappa shape index (κ1) is 15.2. The number of aliphatic hydroxyl groups excluding tert-OH is 1. The van der Waals surface area contributed by atoms with E-state index < -0.39 is 0 Å². The minimum Gasteiger partial charge on any atom is -0.457 e. The lowest BCUT2D eigenvalue weighted by molar-refractivity contribution is 0.318. The third kappa shape index (κ3) is 6.35. The fraction of sp³-hybridized carbons (Fsp3) is 0.143. The molecule has 0 aliphatic carbocycles. The SMILES string of the molecule is CCO.N.c1ccc(Oc2ccccc2)cc1. The van der Waals surface area contributed by atoms with Crippen LogP contribution in [0.4, 0.5) is 0 Å². The first-order valence-electron chi connectivity index (χ1n) is 5.25. The van der Waals surface area contributed by atoms with Gasteiger partial charge in [0.2, 0.25) is 0 Å². The third-order valence-corrected chi connectivity index (χ3v) is 1.72. The lowest BCUT2D eigenvalue weighted by atomic mass is 10.3. The highest BCUT2D eigenvalue weighted by Gasteiger charge is 1.92. The average molecular weight is 233 g/mol. The van der Waals surface area contributed by atoms with Crippen LogP contribution < -0.4 is 10.9 Å². The van der Waals surface area contributed by atoms with E-state index in [4.69, 9.17) is 9.84 Å². The van der Waals surface area contributed by atoms with Crippen LogP contribution in [0.1, 0.15) is 6.92 Å². The van der Waals surface area contributed by atoms with Gasteiger partial charge in [-0.1, -0.05) is 36.4 Å². The van der Waals surface area contributed by atoms with Gasteiger partial charge in [0.25, 0.3) is 0 Å². The molecule has 92 valence electrons. The molecular formula is C14H19NO2. The highest BCUT2D eigenvalue weighted by molar-refractivity contribution is 5.30. The summed E-state index contributed by atoms with van der Waals surface area (Å²) in [7, 11) is 0. The van der Waals surface area contributed by atoms with Gasteiger partial charge in [-0.15, -0.1) is 0 Å². The Morgan fingerprint density at radius 3 is 1.41 bits per heavy atom. The van der Waals surface area contributed by atoms with Gasteiger partial charge in [0.15, 0.2) is 0 Å². The molecular weight excluding hydrogens is 214 g/mol. The van der Waals surface area contributed by atoms with Gasteiger partial charge in [0, 0.05) is 6.61 Å². The number of ether oxygens (including phenoxy) is 1. The Morgan fingerprint density at radius 1 is 0.824 bits per heavy atom. The second-order valence-corrected chi connectivity index (χ2v) is 3.04. The van der Waals surface area contributed by atoms with Gasteiger partial charge in [-0.2, -0.15) is 0 Å². The highest BCUT2D eigenvalue weighted by atomic mass is 16.5. The summed E-state index contributed by atoms with van der Waals surface area (Å²) in [6.45, 7) is 1.93. The van der Waals surface area contributed by atoms with Crippen molar-refractivity contribution in [1.82, 2.24) is 6.15 Å². The van der Waals surface area contributed by atoms with E-state index in [-0.39, 0.29) is 12.8 Å². The molecule has 0 unspecified atom stereocenters. The van der Waals surface area contributed by atoms with Crippen molar-refractivity contribution in [2.45, 2.75) is 6.92 Å². The summed E-state index contributed by atoms with van der Waals surface area (Å²) in [6.07, 6.45) is 0. The van der Waals surface area contributed by atoms with Crippen LogP contribution in [0.25, 0.3) is 0 Å². The Morgan fingerprint density at radius 2 is 1.12 bits per heavy atom. The second kappa shape index (κ2) is 9.39. The lowest BCUT2D eigenvalue weighted by Crippen LogP contribution is -1.81. The Labute approximate surface area is 102 Å². The van der Waals surface area contributed by atoms with Crippen LogP contribution in [0.2, 0.25) is 0 Å². The molecule has 0 aliphatic heterocycles. The summed E-state index contributed by atoms with van der Waals surface area (Å²) >= 11 is 0. The molecule has 0 spiro atoms. The van der Waals surface area contributed by atoms with Gasteiger partial charge in [-0.3, -0.25) is 0 Å². The van der Waals surface area contributed by atoms with Gasteiger partial charge < -0.3 is 16.0 Å². The summed E-state index contributed by atoms with van der Waals surface area (Å²) < 4.78 is 5.58. The van der Waals surface area contributed by atoms with E-state index in [1.807, 2.05) is 60.7 Å². The summed E-state index contributed by atoms with van der Waals surface area (Å²) in [5, 5.41) is 7.57. The summed E-state index contributed by atoms with van der Waals surface area (Å²) in [5.41, 5.74) is 0. The molecule has 3 heteroatoms. The number of para-hydroxylation sites is 2. The van der Waals surface area contributed by atoms with Crippen LogP contribution in [0.3, 0.4) is 0 Å². The first-order chi connectivity index (χ1) is 7.86. The van der Waals surface area contributed by atoms with Crippen LogP contribution in [-0.2, 0) is 0 Å². The van der Waals surface area contributed by atoms with E-state index >= 15 is 0 Å². The van der Waals surface area contributed by atoms with E-state index in [1.165, 1.54) is 0 Å². The number of rotatable bonds is 2. The van der Waals surface area contributed by atoms with Gasteiger partial charge in [-0.25, -0.2) is 0 Å². The van der Waals surface area contributed by atoms with Crippen LogP contribution in [-0.4, -0.2) is 11.7 Å². The second-order valence-electron chi connectivity index (χ2n) is 3.04. The Hall–Kier alpha value is -1.84. The standard InChI is InChI=1S/C12H10O.C2H6O.H3N/c1-3-7-11(8-4-1)13-12-9-5-2-6-10-12;1-2-3;/h1-10H;3H,2H2,1H3;1H3. The Bertz CT molecular complexity index is 338. The van der Waals surface area contributed by atoms with Gasteiger partial charge in [-0.05, 0) is 31.2 Å². The van der Waals surface area contributed by atoms with Crippen molar-refractivity contribution in [3.8, 4) is 11.5 Å². The Kier molecular flexibility index (Phi) is 8.37. The molecule has 17 heavy (non-hydrogen) atoms. The normalized spacial score (nSPS) is 8.35. The molecule has 0 radical (unpaired) electrons. The molecule has 0 atom stereocenters. The zero-order valence-electron chi connectivity index (χ0n) is 10.0. The quantitative estimate of drug-likeness (QED) is 0.832. The molecule has 4 N–H and O–H groups in total. The molecule has 2 rings (SSSR count). The van der Waals surface area contributed by atoms with E-state index in [1.54, 1.807) is 6.92 Å². The topological polar surface area (TPSA) is 64.5 Å². The van der Waals surface area contributed by atoms with Crippen molar-refractivity contribution in [2.24, 2.45) is 0 Å². The molecule has 0 amide bonds. The van der Waals surface area contributed by atoms with Crippen LogP contribution in [0.5, 0.6) is 11.5 Å². The Balaban J connectivity index is 0.000000583. The molecule has 0 aromatic heterocycles. The molecule has 0 heterocycles. The molecule has 3 nitrogen and oxygen atoms in total. The molecule has 2 aromatic rings. The summed E-state index contributed by atoms with van der Waals surface area (Å²) in [5.74, 6) is 1.74. The average Bonchev–Trinajstić information content (AvgIpc) is 2.33. The monoisotopic (exact) mass is 233 g/mol. The first-order valence-corrected chi connectivity index (χ1v) is 5.25. The van der Waals surface area contributed by atoms with Crippen molar-refractivity contribution >= 4 is 0 Å². The number of hydrogen-bond donors (Lipinski definition) is 2. The molecule has 0 bridgehead atoms. The maximum absolute atomic E-state index is 7.57. The maximum Gasteiger partial charge on any atom is 0.127 e. The van der Waals surface area contributed by atoms with Crippen molar-refractivity contribution in [3.63, 3.8) is 0 Å².